The van der Waals surface area contributed by atoms with Gasteiger partial charge in [0.2, 0.25) is 29.5 Å². The number of carbonyl (C=O) groups is 3. The number of primary amides is 2. The number of fused-ring (bicyclic) bond motifs is 3. The van der Waals surface area contributed by atoms with Crippen LogP contribution in [0, 0.1) is 17.2 Å². The van der Waals surface area contributed by atoms with Crippen LogP contribution in [0.1, 0.15) is 93.8 Å². The Labute approximate surface area is 249 Å². The zero-order valence-electron chi connectivity index (χ0n) is 24.3. The van der Waals surface area contributed by atoms with Crippen molar-refractivity contribution in [3.63, 3.8) is 0 Å². The molecule has 0 radical (unpaired) electrons. The van der Waals surface area contributed by atoms with Crippen LogP contribution in [0.3, 0.4) is 0 Å². The van der Waals surface area contributed by atoms with Crippen molar-refractivity contribution in [2.24, 2.45) is 17.4 Å². The molecule has 3 aliphatic rings. The number of hydrogen-bond acceptors (Lipinski definition) is 8. The molecule has 43 heavy (non-hydrogen) atoms. The predicted octanol–water partition coefficient (Wildman–Crippen LogP) is 2.32. The Kier molecular flexibility index (Phi) is 7.26. The summed E-state index contributed by atoms with van der Waals surface area (Å²) in [7, 11) is 0. The van der Waals surface area contributed by atoms with Crippen molar-refractivity contribution in [3.05, 3.63) is 81.6 Å². The molecule has 1 aliphatic heterocycles. The van der Waals surface area contributed by atoms with E-state index >= 15 is 0 Å². The first kappa shape index (κ1) is 28.6. The van der Waals surface area contributed by atoms with Crippen molar-refractivity contribution in [2.45, 2.75) is 69.4 Å². The number of rotatable bonds is 9. The fourth-order valence-corrected chi connectivity index (χ4v) is 6.90. The summed E-state index contributed by atoms with van der Waals surface area (Å²) in [4.78, 5) is 39.2. The zero-order chi connectivity index (χ0) is 30.5. The summed E-state index contributed by atoms with van der Waals surface area (Å²) in [5.74, 6) is 0.181. The summed E-state index contributed by atoms with van der Waals surface area (Å²) >= 11 is 0. The van der Waals surface area contributed by atoms with E-state index in [-0.39, 0.29) is 30.5 Å². The predicted molar refractivity (Wildman–Crippen MR) is 156 cm³/mol. The molecule has 3 aromatic rings. The number of nitrogens with two attached hydrogens (primary N) is 2. The van der Waals surface area contributed by atoms with Crippen molar-refractivity contribution in [1.29, 1.82) is 5.26 Å². The Hall–Kier alpha value is -4.56. The van der Waals surface area contributed by atoms with E-state index in [9.17, 15) is 19.6 Å². The highest BCUT2D eigenvalue weighted by Gasteiger charge is 2.54. The van der Waals surface area contributed by atoms with Crippen LogP contribution >= 0.6 is 0 Å². The van der Waals surface area contributed by atoms with Gasteiger partial charge in [-0.1, -0.05) is 26.0 Å². The van der Waals surface area contributed by atoms with Gasteiger partial charge in [-0.25, -0.2) is 0 Å². The minimum atomic E-state index is -0.964. The number of nitrogens with zero attached hydrogens (tertiary/aromatic N) is 4. The number of carbonyl (C=O) groups excluding carboxylic acids is 3. The molecule has 3 amide bonds. The van der Waals surface area contributed by atoms with Gasteiger partial charge in [0.05, 0.1) is 12.6 Å². The largest absolute Gasteiger partial charge is 0.424 e. The van der Waals surface area contributed by atoms with E-state index in [1.54, 1.807) is 17.0 Å². The van der Waals surface area contributed by atoms with E-state index in [2.05, 4.69) is 21.6 Å². The van der Waals surface area contributed by atoms with Crippen molar-refractivity contribution >= 4 is 17.7 Å². The standard InChI is InChI=1S/C32H35N7O4/c1-17(2)30-37-38-31(43-30)32(9-10-36-16-27(40)39-23(15-33)13-22-14-26(22)39)24-7-5-20(28(34)41)11-18(24)3-4-19-12-21(29(35)42)6-8-25(19)32/h5-8,11-12,17,22-23,26,36H,3-4,9-10,13-14,16H2,1-2H3,(H2,34,41)(H2,35,42)/t22-,23+,26+/m1/s1. The molecule has 2 aliphatic carbocycles. The van der Waals surface area contributed by atoms with Crippen LogP contribution in [0.2, 0.25) is 0 Å². The smallest absolute Gasteiger partial charge is 0.248 e. The SMILES string of the molecule is CC(C)c1nnc(C2(CCNCC(=O)N3[C@H](C#N)C[C@@H]4C[C@@H]43)c3ccc(C(N)=O)cc3CCc3cc(C(N)=O)ccc32)o1. The van der Waals surface area contributed by atoms with Gasteiger partial charge < -0.3 is 26.1 Å². The van der Waals surface area contributed by atoms with E-state index in [0.717, 1.165) is 35.1 Å². The second-order valence-electron chi connectivity index (χ2n) is 12.1. The zero-order valence-corrected chi connectivity index (χ0v) is 24.3. The number of hydrogen-bond donors (Lipinski definition) is 3. The minimum absolute atomic E-state index is 0.00645. The fourth-order valence-electron chi connectivity index (χ4n) is 6.90. The first-order chi connectivity index (χ1) is 20.6. The van der Waals surface area contributed by atoms with Gasteiger partial charge in [0.1, 0.15) is 11.5 Å². The third kappa shape index (κ3) is 4.95. The Balaban J connectivity index is 1.41. The van der Waals surface area contributed by atoms with E-state index in [4.69, 9.17) is 15.9 Å². The van der Waals surface area contributed by atoms with Gasteiger partial charge in [-0.05, 0) is 91.1 Å². The molecule has 1 saturated heterocycles. The highest BCUT2D eigenvalue weighted by molar-refractivity contribution is 5.94. The van der Waals surface area contributed by atoms with Gasteiger partial charge in [0, 0.05) is 23.1 Å². The van der Waals surface area contributed by atoms with Crippen molar-refractivity contribution in [1.82, 2.24) is 20.4 Å². The van der Waals surface area contributed by atoms with E-state index in [1.165, 1.54) is 0 Å². The Morgan fingerprint density at radius 3 is 2.21 bits per heavy atom. The lowest BCUT2D eigenvalue weighted by Crippen LogP contribution is -2.44. The van der Waals surface area contributed by atoms with Crippen LogP contribution in [0.25, 0.3) is 0 Å². The average molecular weight is 582 g/mol. The van der Waals surface area contributed by atoms with Crippen LogP contribution in [0.4, 0.5) is 0 Å². The molecule has 222 valence electrons. The summed E-state index contributed by atoms with van der Waals surface area (Å²) in [6.07, 6.45) is 3.31. The van der Waals surface area contributed by atoms with Gasteiger partial charge in [0.15, 0.2) is 0 Å². The quantitative estimate of drug-likeness (QED) is 0.322. The average Bonchev–Trinajstić information content (AvgIpc) is 3.41. The molecule has 2 aromatic carbocycles. The Morgan fingerprint density at radius 1 is 1.05 bits per heavy atom. The van der Waals surface area contributed by atoms with Gasteiger partial charge in [-0.2, -0.15) is 5.26 Å². The molecule has 11 nitrogen and oxygen atoms in total. The first-order valence-corrected chi connectivity index (χ1v) is 14.8. The molecule has 6 rings (SSSR count). The summed E-state index contributed by atoms with van der Waals surface area (Å²) in [5, 5.41) is 21.8. The number of aryl methyl sites for hydroxylation is 2. The molecule has 1 aromatic heterocycles. The number of likely N-dealkylation sites (tertiary alicyclic amines) is 1. The molecule has 11 heteroatoms. The fraction of sp³-hybridized carbons (Fsp3) is 0.438. The molecule has 2 fully saturated rings. The van der Waals surface area contributed by atoms with Gasteiger partial charge in [-0.15, -0.1) is 10.2 Å². The van der Waals surface area contributed by atoms with Crippen molar-refractivity contribution in [2.75, 3.05) is 13.1 Å². The highest BCUT2D eigenvalue weighted by Crippen LogP contribution is 2.48. The molecule has 3 atom stereocenters. The van der Waals surface area contributed by atoms with Gasteiger partial charge >= 0.3 is 0 Å². The second-order valence-corrected chi connectivity index (χ2v) is 12.1. The molecule has 0 spiro atoms. The molecule has 2 heterocycles. The summed E-state index contributed by atoms with van der Waals surface area (Å²) < 4.78 is 6.38. The number of piperidine rings is 1. The molecular weight excluding hydrogens is 546 g/mol. The number of amides is 3. The highest BCUT2D eigenvalue weighted by atomic mass is 16.4. The van der Waals surface area contributed by atoms with Gasteiger partial charge in [0.25, 0.3) is 0 Å². The molecule has 0 bridgehead atoms. The number of nitrogens with one attached hydrogen (secondary N) is 1. The number of nitriles is 1. The number of benzene rings is 2. The number of aromatic nitrogens is 2. The van der Waals surface area contributed by atoms with E-state index in [1.807, 2.05) is 38.1 Å². The Bertz CT molecular complexity index is 1590. The van der Waals surface area contributed by atoms with Crippen LogP contribution in [0.5, 0.6) is 0 Å². The first-order valence-electron chi connectivity index (χ1n) is 14.8. The van der Waals surface area contributed by atoms with Crippen molar-refractivity contribution < 1.29 is 18.8 Å². The maximum absolute atomic E-state index is 13.2. The molecule has 0 unspecified atom stereocenters. The van der Waals surface area contributed by atoms with Crippen LogP contribution < -0.4 is 16.8 Å². The topological polar surface area (TPSA) is 181 Å². The minimum Gasteiger partial charge on any atom is -0.424 e. The lowest BCUT2D eigenvalue weighted by molar-refractivity contribution is -0.131. The second kappa shape index (κ2) is 10.9. The van der Waals surface area contributed by atoms with Gasteiger partial charge in [-0.3, -0.25) is 14.4 Å². The summed E-state index contributed by atoms with van der Waals surface area (Å²) in [6, 6.07) is 12.9. The summed E-state index contributed by atoms with van der Waals surface area (Å²) in [6.45, 7) is 4.45. The molecule has 1 saturated carbocycles. The van der Waals surface area contributed by atoms with Crippen LogP contribution in [-0.4, -0.2) is 58.0 Å². The van der Waals surface area contributed by atoms with Crippen LogP contribution in [-0.2, 0) is 23.1 Å². The third-order valence-electron chi connectivity index (χ3n) is 9.16. The Morgan fingerprint density at radius 2 is 1.67 bits per heavy atom. The maximum atomic E-state index is 13.2. The van der Waals surface area contributed by atoms with E-state index < -0.39 is 17.2 Å². The van der Waals surface area contributed by atoms with Crippen molar-refractivity contribution in [3.8, 4) is 6.07 Å². The van der Waals surface area contributed by atoms with E-state index in [0.29, 0.717) is 54.6 Å². The third-order valence-corrected chi connectivity index (χ3v) is 9.16. The van der Waals surface area contributed by atoms with Crippen LogP contribution in [0.15, 0.2) is 40.8 Å². The lowest BCUT2D eigenvalue weighted by atomic mass is 9.69. The monoisotopic (exact) mass is 581 g/mol. The normalized spacial score (nSPS) is 21.3. The summed E-state index contributed by atoms with van der Waals surface area (Å²) in [5.41, 5.74) is 14.7. The molecular formula is C32H35N7O4. The lowest BCUT2D eigenvalue weighted by Gasteiger charge is -2.34. The maximum Gasteiger partial charge on any atom is 0.248 e. The molecule has 5 N–H and O–H groups in total.